The van der Waals surface area contributed by atoms with Crippen molar-refractivity contribution in [2.45, 2.75) is 66.7 Å². The summed E-state index contributed by atoms with van der Waals surface area (Å²) in [6.45, 7) is 9.06. The summed E-state index contributed by atoms with van der Waals surface area (Å²) in [5, 5.41) is 9.40. The van der Waals surface area contributed by atoms with Crippen LogP contribution in [0.3, 0.4) is 0 Å². The first kappa shape index (κ1) is 22.6. The van der Waals surface area contributed by atoms with Crippen molar-refractivity contribution in [1.29, 1.82) is 0 Å². The number of phenols is 1. The molecule has 0 radical (unpaired) electrons. The van der Waals surface area contributed by atoms with Gasteiger partial charge in [-0.05, 0) is 63.4 Å². The SMILES string of the molecule is C.CN(CCCCC(=O)c1cccc(O)c1)CCCCC(C)(C)C. The third-order valence-electron chi connectivity index (χ3n) is 4.08. The van der Waals surface area contributed by atoms with Gasteiger partial charge in [-0.15, -0.1) is 0 Å². The normalized spacial score (nSPS) is 11.4. The summed E-state index contributed by atoms with van der Waals surface area (Å²) < 4.78 is 0. The molecule has 0 aliphatic heterocycles. The van der Waals surface area contributed by atoms with Crippen LogP contribution in [-0.2, 0) is 0 Å². The van der Waals surface area contributed by atoms with E-state index in [0.29, 0.717) is 17.4 Å². The average Bonchev–Trinajstić information content (AvgIpc) is 2.47. The first-order valence-corrected chi connectivity index (χ1v) is 8.79. The van der Waals surface area contributed by atoms with Crippen molar-refractivity contribution in [2.24, 2.45) is 5.41 Å². The summed E-state index contributed by atoms with van der Waals surface area (Å²) in [6.07, 6.45) is 6.31. The van der Waals surface area contributed by atoms with Gasteiger partial charge in [-0.25, -0.2) is 0 Å². The summed E-state index contributed by atoms with van der Waals surface area (Å²) in [4.78, 5) is 14.4. The second-order valence-corrected chi connectivity index (χ2v) is 7.75. The van der Waals surface area contributed by atoms with Gasteiger partial charge in [-0.2, -0.15) is 0 Å². The number of ketones is 1. The first-order valence-electron chi connectivity index (χ1n) is 8.79. The molecule has 24 heavy (non-hydrogen) atoms. The smallest absolute Gasteiger partial charge is 0.163 e. The van der Waals surface area contributed by atoms with Crippen LogP contribution in [0.4, 0.5) is 0 Å². The Morgan fingerprint density at radius 2 is 1.71 bits per heavy atom. The van der Waals surface area contributed by atoms with Crippen LogP contribution < -0.4 is 0 Å². The Hall–Kier alpha value is -1.35. The fourth-order valence-corrected chi connectivity index (χ4v) is 2.64. The van der Waals surface area contributed by atoms with Crippen molar-refractivity contribution in [3.63, 3.8) is 0 Å². The molecule has 1 rings (SSSR count). The predicted octanol–water partition coefficient (Wildman–Crippen LogP) is 5.53. The van der Waals surface area contributed by atoms with Crippen molar-refractivity contribution in [1.82, 2.24) is 4.90 Å². The van der Waals surface area contributed by atoms with Crippen LogP contribution in [0.1, 0.15) is 77.1 Å². The number of Topliss-reactive ketones (excluding diaryl/α,β-unsaturated/α-hetero) is 1. The van der Waals surface area contributed by atoms with Crippen LogP contribution in [0.2, 0.25) is 0 Å². The van der Waals surface area contributed by atoms with Crippen molar-refractivity contribution in [3.05, 3.63) is 29.8 Å². The number of unbranched alkanes of at least 4 members (excludes halogenated alkanes) is 2. The van der Waals surface area contributed by atoms with Gasteiger partial charge in [0, 0.05) is 12.0 Å². The Morgan fingerprint density at radius 3 is 2.29 bits per heavy atom. The number of rotatable bonds is 10. The molecule has 0 fully saturated rings. The molecule has 0 aliphatic carbocycles. The van der Waals surface area contributed by atoms with Crippen LogP contribution in [0.5, 0.6) is 5.75 Å². The Labute approximate surface area is 149 Å². The van der Waals surface area contributed by atoms with E-state index < -0.39 is 0 Å². The lowest BCUT2D eigenvalue weighted by Crippen LogP contribution is -2.21. The van der Waals surface area contributed by atoms with Crippen LogP contribution in [0.25, 0.3) is 0 Å². The first-order chi connectivity index (χ1) is 10.8. The van der Waals surface area contributed by atoms with Gasteiger partial charge in [0.15, 0.2) is 5.78 Å². The van der Waals surface area contributed by atoms with E-state index in [0.717, 1.165) is 25.9 Å². The maximum Gasteiger partial charge on any atom is 0.163 e. The number of nitrogens with zero attached hydrogens (tertiary/aromatic N) is 1. The van der Waals surface area contributed by atoms with Crippen molar-refractivity contribution >= 4 is 5.78 Å². The largest absolute Gasteiger partial charge is 0.508 e. The van der Waals surface area contributed by atoms with Gasteiger partial charge in [0.1, 0.15) is 5.75 Å². The number of aromatic hydroxyl groups is 1. The predicted molar refractivity (Wildman–Crippen MR) is 104 cm³/mol. The minimum absolute atomic E-state index is 0. The van der Waals surface area contributed by atoms with Gasteiger partial charge < -0.3 is 10.0 Å². The summed E-state index contributed by atoms with van der Waals surface area (Å²) in [5.41, 5.74) is 1.05. The topological polar surface area (TPSA) is 40.5 Å². The highest BCUT2D eigenvalue weighted by atomic mass is 16.3. The monoisotopic (exact) mass is 335 g/mol. The lowest BCUT2D eigenvalue weighted by atomic mass is 9.90. The Morgan fingerprint density at radius 1 is 1.08 bits per heavy atom. The molecule has 0 saturated carbocycles. The zero-order valence-electron chi connectivity index (χ0n) is 15.3. The van der Waals surface area contributed by atoms with Gasteiger partial charge >= 0.3 is 0 Å². The molecule has 0 aliphatic rings. The second-order valence-electron chi connectivity index (χ2n) is 7.75. The number of hydrogen-bond donors (Lipinski definition) is 1. The molecule has 0 heterocycles. The minimum Gasteiger partial charge on any atom is -0.508 e. The molecular weight excluding hydrogens is 298 g/mol. The molecule has 0 spiro atoms. The summed E-state index contributed by atoms with van der Waals surface area (Å²) in [6, 6.07) is 6.62. The number of carbonyl (C=O) groups is 1. The average molecular weight is 336 g/mol. The zero-order valence-corrected chi connectivity index (χ0v) is 15.3. The van der Waals surface area contributed by atoms with E-state index in [-0.39, 0.29) is 19.0 Å². The van der Waals surface area contributed by atoms with Crippen molar-refractivity contribution < 1.29 is 9.90 Å². The summed E-state index contributed by atoms with van der Waals surface area (Å²) in [5.74, 6) is 0.277. The molecule has 0 aromatic heterocycles. The molecule has 138 valence electrons. The highest BCUT2D eigenvalue weighted by molar-refractivity contribution is 5.96. The molecule has 3 heteroatoms. The Bertz CT molecular complexity index is 477. The molecule has 3 nitrogen and oxygen atoms in total. The molecule has 0 saturated heterocycles. The van der Waals surface area contributed by atoms with E-state index in [1.165, 1.54) is 19.3 Å². The highest BCUT2D eigenvalue weighted by Gasteiger charge is 2.10. The van der Waals surface area contributed by atoms with E-state index >= 15 is 0 Å². The van der Waals surface area contributed by atoms with Gasteiger partial charge in [0.05, 0.1) is 0 Å². The van der Waals surface area contributed by atoms with Crippen LogP contribution in [0, 0.1) is 5.41 Å². The molecule has 1 aromatic rings. The quantitative estimate of drug-likeness (QED) is 0.451. The van der Waals surface area contributed by atoms with Crippen molar-refractivity contribution in [2.75, 3.05) is 20.1 Å². The molecule has 1 N–H and O–H groups in total. The third-order valence-corrected chi connectivity index (χ3v) is 4.08. The Kier molecular flexibility index (Phi) is 10.6. The van der Waals surface area contributed by atoms with Crippen molar-refractivity contribution in [3.8, 4) is 5.75 Å². The maximum absolute atomic E-state index is 12.0. The molecule has 0 amide bonds. The fourth-order valence-electron chi connectivity index (χ4n) is 2.64. The second kappa shape index (κ2) is 11.2. The zero-order chi connectivity index (χ0) is 17.3. The van der Waals surface area contributed by atoms with Gasteiger partial charge in [-0.1, -0.05) is 46.8 Å². The highest BCUT2D eigenvalue weighted by Crippen LogP contribution is 2.21. The fraction of sp³-hybridized carbons (Fsp3) is 0.667. The number of benzene rings is 1. The maximum atomic E-state index is 12.0. The summed E-state index contributed by atoms with van der Waals surface area (Å²) >= 11 is 0. The standard InChI is InChI=1S/C20H33NO2.CH4/c1-20(2,3)13-6-8-15-21(4)14-7-5-12-19(23)17-10-9-11-18(22)16-17;/h9-11,16,22H,5-8,12-15H2,1-4H3;1H4. The molecule has 0 bridgehead atoms. The van der Waals surface area contributed by atoms with Crippen LogP contribution in [-0.4, -0.2) is 35.9 Å². The van der Waals surface area contributed by atoms with E-state index in [4.69, 9.17) is 0 Å². The van der Waals surface area contributed by atoms with E-state index in [2.05, 4.69) is 32.7 Å². The lowest BCUT2D eigenvalue weighted by molar-refractivity contribution is 0.0978. The van der Waals surface area contributed by atoms with Gasteiger partial charge in [0.25, 0.3) is 0 Å². The van der Waals surface area contributed by atoms with Gasteiger partial charge in [-0.3, -0.25) is 4.79 Å². The van der Waals surface area contributed by atoms with Crippen LogP contribution >= 0.6 is 0 Å². The van der Waals surface area contributed by atoms with Gasteiger partial charge in [0.2, 0.25) is 0 Å². The molecular formula is C21H37NO2. The number of phenolic OH excluding ortho intramolecular Hbond substituents is 1. The molecule has 0 atom stereocenters. The number of carbonyl (C=O) groups excluding carboxylic acids is 1. The van der Waals surface area contributed by atoms with E-state index in [1.807, 2.05) is 0 Å². The Balaban J connectivity index is 0.00000529. The van der Waals surface area contributed by atoms with E-state index in [9.17, 15) is 9.90 Å². The van der Waals surface area contributed by atoms with E-state index in [1.54, 1.807) is 24.3 Å². The number of hydrogen-bond acceptors (Lipinski definition) is 3. The lowest BCUT2D eigenvalue weighted by Gasteiger charge is -2.20. The minimum atomic E-state index is 0. The van der Waals surface area contributed by atoms with Crippen LogP contribution in [0.15, 0.2) is 24.3 Å². The molecule has 0 unspecified atom stereocenters. The molecule has 1 aromatic carbocycles. The summed E-state index contributed by atoms with van der Waals surface area (Å²) in [7, 11) is 2.16. The third kappa shape index (κ3) is 10.4.